The molecule has 0 saturated heterocycles. The summed E-state index contributed by atoms with van der Waals surface area (Å²) in [6, 6.07) is 16.5. The smallest absolute Gasteiger partial charge is 0.159 e. The first-order chi connectivity index (χ1) is 14.9. The van der Waals surface area contributed by atoms with E-state index < -0.39 is 23.3 Å². The summed E-state index contributed by atoms with van der Waals surface area (Å²) < 4.78 is 55.9. The van der Waals surface area contributed by atoms with Crippen LogP contribution in [0.2, 0.25) is 0 Å². The van der Waals surface area contributed by atoms with E-state index in [4.69, 9.17) is 0 Å². The van der Waals surface area contributed by atoms with Crippen molar-refractivity contribution >= 4 is 10.8 Å². The molecule has 0 nitrogen and oxygen atoms in total. The number of hydrogen-bond acceptors (Lipinski definition) is 0. The predicted octanol–water partition coefficient (Wildman–Crippen LogP) is 7.42. The molecular formula is C27H18F4. The summed E-state index contributed by atoms with van der Waals surface area (Å²) in [5.41, 5.74) is 2.43. The van der Waals surface area contributed by atoms with Crippen LogP contribution in [0.5, 0.6) is 0 Å². The number of fused-ring (bicyclic) bond motifs is 1. The van der Waals surface area contributed by atoms with Gasteiger partial charge in [-0.05, 0) is 70.8 Å². The lowest BCUT2D eigenvalue weighted by atomic mass is 9.99. The molecule has 0 amide bonds. The van der Waals surface area contributed by atoms with Crippen molar-refractivity contribution in [1.29, 1.82) is 0 Å². The molecule has 4 aromatic carbocycles. The zero-order valence-corrected chi connectivity index (χ0v) is 16.8. The standard InChI is InChI=1S/C27H18F4/c1-2-3-17-4-7-19(24(28)12-17)8-5-18-6-11-23(25(29)13-18)21-10-9-20-15-26(30)27(31)16-22(20)14-21/h4,6-7,9-16H,2-3H2,1H3. The highest BCUT2D eigenvalue weighted by molar-refractivity contribution is 5.87. The maximum atomic E-state index is 14.7. The van der Waals surface area contributed by atoms with Gasteiger partial charge < -0.3 is 0 Å². The number of benzene rings is 4. The van der Waals surface area contributed by atoms with E-state index in [1.165, 1.54) is 12.1 Å². The van der Waals surface area contributed by atoms with Gasteiger partial charge in [-0.15, -0.1) is 0 Å². The number of halogens is 4. The van der Waals surface area contributed by atoms with Gasteiger partial charge in [0.1, 0.15) is 11.6 Å². The van der Waals surface area contributed by atoms with Crippen LogP contribution >= 0.6 is 0 Å². The molecule has 0 saturated carbocycles. The third-order valence-electron chi connectivity index (χ3n) is 5.07. The molecule has 0 spiro atoms. The minimum Gasteiger partial charge on any atom is -0.206 e. The lowest BCUT2D eigenvalue weighted by Gasteiger charge is -2.07. The molecule has 0 fully saturated rings. The lowest BCUT2D eigenvalue weighted by molar-refractivity contribution is 0.511. The molecule has 154 valence electrons. The van der Waals surface area contributed by atoms with Gasteiger partial charge in [-0.2, -0.15) is 0 Å². The minimum absolute atomic E-state index is 0.258. The summed E-state index contributed by atoms with van der Waals surface area (Å²) in [7, 11) is 0. The second kappa shape index (κ2) is 8.65. The van der Waals surface area contributed by atoms with Gasteiger partial charge in [-0.1, -0.05) is 49.5 Å². The Bertz CT molecular complexity index is 1340. The Morgan fingerprint density at radius 1 is 0.645 bits per heavy atom. The van der Waals surface area contributed by atoms with E-state index in [2.05, 4.69) is 11.8 Å². The Morgan fingerprint density at radius 3 is 2.13 bits per heavy atom. The van der Waals surface area contributed by atoms with Crippen LogP contribution < -0.4 is 0 Å². The van der Waals surface area contributed by atoms with Crippen molar-refractivity contribution < 1.29 is 17.6 Å². The summed E-state index contributed by atoms with van der Waals surface area (Å²) in [6.45, 7) is 2.03. The van der Waals surface area contributed by atoms with Crippen LogP contribution in [-0.4, -0.2) is 0 Å². The van der Waals surface area contributed by atoms with Crippen molar-refractivity contribution in [2.75, 3.05) is 0 Å². The minimum atomic E-state index is -0.953. The van der Waals surface area contributed by atoms with Gasteiger partial charge in [0.25, 0.3) is 0 Å². The van der Waals surface area contributed by atoms with Crippen LogP contribution in [0.1, 0.15) is 30.0 Å². The van der Waals surface area contributed by atoms with Crippen LogP contribution in [-0.2, 0) is 6.42 Å². The van der Waals surface area contributed by atoms with Crippen LogP contribution in [0.3, 0.4) is 0 Å². The molecule has 0 heterocycles. The highest BCUT2D eigenvalue weighted by Gasteiger charge is 2.09. The fourth-order valence-corrected chi connectivity index (χ4v) is 3.48. The molecule has 0 atom stereocenters. The number of hydrogen-bond donors (Lipinski definition) is 0. The second-order valence-corrected chi connectivity index (χ2v) is 7.34. The Morgan fingerprint density at radius 2 is 1.42 bits per heavy atom. The van der Waals surface area contributed by atoms with Crippen molar-refractivity contribution in [1.82, 2.24) is 0 Å². The van der Waals surface area contributed by atoms with Crippen LogP contribution in [0.25, 0.3) is 21.9 Å². The lowest BCUT2D eigenvalue weighted by Crippen LogP contribution is -1.90. The molecule has 4 heteroatoms. The van der Waals surface area contributed by atoms with Crippen molar-refractivity contribution in [3.05, 3.63) is 107 Å². The summed E-state index contributed by atoms with van der Waals surface area (Å²) in [4.78, 5) is 0. The molecule has 4 rings (SSSR count). The van der Waals surface area contributed by atoms with Crippen molar-refractivity contribution in [2.24, 2.45) is 0 Å². The van der Waals surface area contributed by atoms with E-state index in [1.807, 2.05) is 13.0 Å². The third-order valence-corrected chi connectivity index (χ3v) is 5.07. The topological polar surface area (TPSA) is 0 Å². The Hall–Kier alpha value is -3.58. The zero-order valence-electron chi connectivity index (χ0n) is 16.8. The van der Waals surface area contributed by atoms with Gasteiger partial charge in [-0.3, -0.25) is 0 Å². The molecule has 0 N–H and O–H groups in total. The molecule has 0 aromatic heterocycles. The van der Waals surface area contributed by atoms with Gasteiger partial charge in [0.05, 0.1) is 5.56 Å². The highest BCUT2D eigenvalue weighted by Crippen LogP contribution is 2.28. The highest BCUT2D eigenvalue weighted by atomic mass is 19.2. The summed E-state index contributed by atoms with van der Waals surface area (Å²) in [5, 5.41) is 0.999. The van der Waals surface area contributed by atoms with Crippen molar-refractivity contribution in [3.63, 3.8) is 0 Å². The quantitative estimate of drug-likeness (QED) is 0.240. The first-order valence-electron chi connectivity index (χ1n) is 9.94. The average molecular weight is 418 g/mol. The van der Waals surface area contributed by atoms with Crippen molar-refractivity contribution in [2.45, 2.75) is 19.8 Å². The van der Waals surface area contributed by atoms with Crippen LogP contribution in [0.15, 0.2) is 66.7 Å². The maximum Gasteiger partial charge on any atom is 0.159 e. The molecule has 0 radical (unpaired) electrons. The SMILES string of the molecule is CCCc1ccc(C#Cc2ccc(-c3ccc4cc(F)c(F)cc4c3)c(F)c2)c(F)c1. The van der Waals surface area contributed by atoms with E-state index in [0.29, 0.717) is 27.5 Å². The van der Waals surface area contributed by atoms with Crippen molar-refractivity contribution in [3.8, 4) is 23.0 Å². The molecule has 31 heavy (non-hydrogen) atoms. The summed E-state index contributed by atoms with van der Waals surface area (Å²) in [6.07, 6.45) is 1.73. The molecular weight excluding hydrogens is 400 g/mol. The fraction of sp³-hybridized carbons (Fsp3) is 0.111. The van der Waals surface area contributed by atoms with Crippen LogP contribution in [0, 0.1) is 35.1 Å². The Balaban J connectivity index is 1.63. The second-order valence-electron chi connectivity index (χ2n) is 7.34. The van der Waals surface area contributed by atoms with Gasteiger partial charge in [0.15, 0.2) is 11.6 Å². The summed E-state index contributed by atoms with van der Waals surface area (Å²) in [5.74, 6) is 2.77. The Kier molecular flexibility index (Phi) is 5.77. The molecule has 0 aliphatic heterocycles. The number of rotatable bonds is 3. The predicted molar refractivity (Wildman–Crippen MR) is 116 cm³/mol. The van der Waals surface area contributed by atoms with Gasteiger partial charge >= 0.3 is 0 Å². The van der Waals surface area contributed by atoms with Crippen LogP contribution in [0.4, 0.5) is 17.6 Å². The van der Waals surface area contributed by atoms with Gasteiger partial charge in [0.2, 0.25) is 0 Å². The summed E-state index contributed by atoms with van der Waals surface area (Å²) >= 11 is 0. The van der Waals surface area contributed by atoms with E-state index in [9.17, 15) is 17.6 Å². The fourth-order valence-electron chi connectivity index (χ4n) is 3.48. The normalized spacial score (nSPS) is 10.7. The zero-order chi connectivity index (χ0) is 22.0. The molecule has 4 aromatic rings. The largest absolute Gasteiger partial charge is 0.206 e. The van der Waals surface area contributed by atoms with Gasteiger partial charge in [0, 0.05) is 11.1 Å². The monoisotopic (exact) mass is 418 g/mol. The third kappa shape index (κ3) is 4.46. The first-order valence-corrected chi connectivity index (χ1v) is 9.94. The number of aryl methyl sites for hydroxylation is 1. The van der Waals surface area contributed by atoms with E-state index in [0.717, 1.165) is 30.5 Å². The molecule has 0 unspecified atom stereocenters. The maximum absolute atomic E-state index is 14.7. The first kappa shape index (κ1) is 20.7. The van der Waals surface area contributed by atoms with E-state index in [1.54, 1.807) is 36.4 Å². The Labute approximate surface area is 178 Å². The molecule has 0 bridgehead atoms. The van der Waals surface area contributed by atoms with E-state index >= 15 is 0 Å². The van der Waals surface area contributed by atoms with Gasteiger partial charge in [-0.25, -0.2) is 17.6 Å². The average Bonchev–Trinajstić information content (AvgIpc) is 2.74. The molecule has 0 aliphatic carbocycles. The van der Waals surface area contributed by atoms with E-state index in [-0.39, 0.29) is 5.56 Å². The molecule has 0 aliphatic rings.